The van der Waals surface area contributed by atoms with Gasteiger partial charge in [-0.1, -0.05) is 30.3 Å². The highest BCUT2D eigenvalue weighted by Gasteiger charge is 2.14. The van der Waals surface area contributed by atoms with E-state index in [-0.39, 0.29) is 5.69 Å². The van der Waals surface area contributed by atoms with Crippen LogP contribution in [-0.4, -0.2) is 12.0 Å². The molecule has 6 heteroatoms. The summed E-state index contributed by atoms with van der Waals surface area (Å²) >= 11 is 3.30. The first-order chi connectivity index (χ1) is 10.1. The maximum absolute atomic E-state index is 10.9. The Kier molecular flexibility index (Phi) is 5.30. The number of halogens is 1. The lowest BCUT2D eigenvalue weighted by atomic mass is 10.1. The van der Waals surface area contributed by atoms with E-state index in [9.17, 15) is 10.1 Å². The molecule has 0 aliphatic carbocycles. The highest BCUT2D eigenvalue weighted by molar-refractivity contribution is 9.10. The fraction of sp³-hybridized carbons (Fsp3) is 0.200. The smallest absolute Gasteiger partial charge is 0.283 e. The van der Waals surface area contributed by atoms with Gasteiger partial charge in [-0.2, -0.15) is 0 Å². The predicted molar refractivity (Wildman–Crippen MR) is 85.3 cm³/mol. The second-order valence-corrected chi connectivity index (χ2v) is 5.24. The average molecular weight is 351 g/mol. The largest absolute Gasteiger partial charge is 0.381 e. The quantitative estimate of drug-likeness (QED) is 0.628. The summed E-state index contributed by atoms with van der Waals surface area (Å²) in [5.74, 6) is 0. The van der Waals surface area contributed by atoms with Crippen molar-refractivity contribution in [1.29, 1.82) is 0 Å². The van der Waals surface area contributed by atoms with Gasteiger partial charge in [-0.25, -0.2) is 0 Å². The van der Waals surface area contributed by atoms with E-state index in [0.29, 0.717) is 17.6 Å². The monoisotopic (exact) mass is 350 g/mol. The Morgan fingerprint density at radius 3 is 2.62 bits per heavy atom. The zero-order valence-corrected chi connectivity index (χ0v) is 13.1. The van der Waals surface area contributed by atoms with Crippen LogP contribution in [-0.2, 0) is 17.9 Å². The molecule has 5 nitrogen and oxygen atoms in total. The molecule has 0 saturated heterocycles. The van der Waals surface area contributed by atoms with Crippen LogP contribution in [0.3, 0.4) is 0 Å². The lowest BCUT2D eigenvalue weighted by Gasteiger charge is -2.12. The topological polar surface area (TPSA) is 64.4 Å². The molecule has 0 aliphatic rings. The predicted octanol–water partition coefficient (Wildman–Crippen LogP) is 4.12. The Bertz CT molecular complexity index is 647. The summed E-state index contributed by atoms with van der Waals surface area (Å²) in [6.07, 6.45) is 0. The van der Waals surface area contributed by atoms with E-state index in [0.717, 1.165) is 16.8 Å². The zero-order chi connectivity index (χ0) is 15.2. The Hall–Kier alpha value is -1.92. The minimum Gasteiger partial charge on any atom is -0.381 e. The summed E-state index contributed by atoms with van der Waals surface area (Å²) in [5.41, 5.74) is 2.90. The zero-order valence-electron chi connectivity index (χ0n) is 11.5. The summed E-state index contributed by atoms with van der Waals surface area (Å²) in [6, 6.07) is 12.8. The highest BCUT2D eigenvalue weighted by atomic mass is 79.9. The van der Waals surface area contributed by atoms with Crippen LogP contribution in [0.2, 0.25) is 0 Å². The number of methoxy groups -OCH3 is 1. The molecule has 2 aromatic rings. The van der Waals surface area contributed by atoms with Gasteiger partial charge in [0.1, 0.15) is 4.47 Å². The molecule has 0 aliphatic heterocycles. The fourth-order valence-electron chi connectivity index (χ4n) is 2.01. The van der Waals surface area contributed by atoms with Crippen molar-refractivity contribution in [2.45, 2.75) is 13.2 Å². The van der Waals surface area contributed by atoms with Gasteiger partial charge in [-0.15, -0.1) is 0 Å². The minimum atomic E-state index is -0.396. The van der Waals surface area contributed by atoms with Crippen molar-refractivity contribution in [3.05, 3.63) is 68.2 Å². The molecular formula is C15H15BrN2O3. The standard InChI is InChI=1S/C15H15BrN2O3/c1-21-10-12-5-2-3-7-13(12)17-9-11-6-4-8-14(15(11)16)18(19)20/h2-8,17H,9-10H2,1H3. The third-order valence-corrected chi connectivity index (χ3v) is 3.96. The van der Waals surface area contributed by atoms with E-state index in [4.69, 9.17) is 4.74 Å². The van der Waals surface area contributed by atoms with Gasteiger partial charge < -0.3 is 10.1 Å². The van der Waals surface area contributed by atoms with Crippen molar-refractivity contribution in [3.8, 4) is 0 Å². The van der Waals surface area contributed by atoms with E-state index < -0.39 is 4.92 Å². The maximum Gasteiger partial charge on any atom is 0.283 e. The lowest BCUT2D eigenvalue weighted by Crippen LogP contribution is -2.04. The van der Waals surface area contributed by atoms with Gasteiger partial charge in [0.15, 0.2) is 0 Å². The van der Waals surface area contributed by atoms with Crippen LogP contribution in [0.25, 0.3) is 0 Å². The van der Waals surface area contributed by atoms with E-state index in [1.165, 1.54) is 6.07 Å². The molecule has 0 atom stereocenters. The molecule has 0 saturated carbocycles. The van der Waals surface area contributed by atoms with Crippen LogP contribution < -0.4 is 5.32 Å². The minimum absolute atomic E-state index is 0.0690. The van der Waals surface area contributed by atoms with Crippen LogP contribution in [0, 0.1) is 10.1 Å². The summed E-state index contributed by atoms with van der Waals surface area (Å²) in [5, 5.41) is 14.2. The van der Waals surface area contributed by atoms with Gasteiger partial charge in [0.2, 0.25) is 0 Å². The Morgan fingerprint density at radius 2 is 1.90 bits per heavy atom. The van der Waals surface area contributed by atoms with Gasteiger partial charge in [-0.3, -0.25) is 10.1 Å². The molecule has 1 N–H and O–H groups in total. The molecule has 0 aromatic heterocycles. The maximum atomic E-state index is 10.9. The molecule has 0 radical (unpaired) electrons. The van der Waals surface area contributed by atoms with Gasteiger partial charge in [0, 0.05) is 31.0 Å². The van der Waals surface area contributed by atoms with E-state index in [1.54, 1.807) is 13.2 Å². The van der Waals surface area contributed by atoms with Crippen LogP contribution in [0.4, 0.5) is 11.4 Å². The fourth-order valence-corrected chi connectivity index (χ4v) is 2.56. The molecular weight excluding hydrogens is 336 g/mol. The molecule has 2 aromatic carbocycles. The Labute approximate surface area is 131 Å². The first-order valence-electron chi connectivity index (χ1n) is 6.36. The van der Waals surface area contributed by atoms with Crippen LogP contribution >= 0.6 is 15.9 Å². The van der Waals surface area contributed by atoms with Crippen molar-refractivity contribution in [2.24, 2.45) is 0 Å². The average Bonchev–Trinajstić information content (AvgIpc) is 2.47. The molecule has 0 bridgehead atoms. The number of nitrogens with zero attached hydrogens (tertiary/aromatic N) is 1. The second kappa shape index (κ2) is 7.19. The lowest BCUT2D eigenvalue weighted by molar-refractivity contribution is -0.385. The van der Waals surface area contributed by atoms with E-state index in [2.05, 4.69) is 21.2 Å². The molecule has 0 spiro atoms. The number of nitrogens with one attached hydrogen (secondary N) is 1. The summed E-state index contributed by atoms with van der Waals surface area (Å²) in [4.78, 5) is 10.5. The molecule has 0 unspecified atom stereocenters. The molecule has 0 heterocycles. The molecule has 21 heavy (non-hydrogen) atoms. The number of nitro groups is 1. The molecule has 110 valence electrons. The number of para-hydroxylation sites is 1. The Balaban J connectivity index is 2.17. The number of ether oxygens (including phenoxy) is 1. The van der Waals surface area contributed by atoms with Crippen molar-refractivity contribution in [2.75, 3.05) is 12.4 Å². The Morgan fingerprint density at radius 1 is 1.19 bits per heavy atom. The van der Waals surface area contributed by atoms with Gasteiger partial charge >= 0.3 is 0 Å². The van der Waals surface area contributed by atoms with Crippen molar-refractivity contribution in [1.82, 2.24) is 0 Å². The number of rotatable bonds is 6. The highest BCUT2D eigenvalue weighted by Crippen LogP contribution is 2.29. The number of hydrogen-bond acceptors (Lipinski definition) is 4. The first-order valence-corrected chi connectivity index (χ1v) is 7.15. The third-order valence-electron chi connectivity index (χ3n) is 3.04. The number of benzene rings is 2. The number of nitro benzene ring substituents is 1. The third kappa shape index (κ3) is 3.80. The van der Waals surface area contributed by atoms with E-state index in [1.807, 2.05) is 30.3 Å². The normalized spacial score (nSPS) is 10.4. The molecule has 0 fully saturated rings. The molecule has 2 rings (SSSR count). The molecule has 0 amide bonds. The number of anilines is 1. The van der Waals surface area contributed by atoms with E-state index >= 15 is 0 Å². The van der Waals surface area contributed by atoms with Crippen molar-refractivity contribution >= 4 is 27.3 Å². The number of hydrogen-bond donors (Lipinski definition) is 1. The van der Waals surface area contributed by atoms with Crippen LogP contribution in [0.15, 0.2) is 46.9 Å². The van der Waals surface area contributed by atoms with Crippen molar-refractivity contribution < 1.29 is 9.66 Å². The van der Waals surface area contributed by atoms with Gasteiger partial charge in [0.05, 0.1) is 11.5 Å². The first kappa shape index (κ1) is 15.5. The summed E-state index contributed by atoms with van der Waals surface area (Å²) < 4.78 is 5.66. The summed E-state index contributed by atoms with van der Waals surface area (Å²) in [7, 11) is 1.65. The van der Waals surface area contributed by atoms with Gasteiger partial charge in [0.25, 0.3) is 5.69 Å². The van der Waals surface area contributed by atoms with Crippen molar-refractivity contribution in [3.63, 3.8) is 0 Å². The van der Waals surface area contributed by atoms with Gasteiger partial charge in [-0.05, 0) is 27.6 Å². The van der Waals surface area contributed by atoms with Crippen LogP contribution in [0.5, 0.6) is 0 Å². The van der Waals surface area contributed by atoms with Crippen LogP contribution in [0.1, 0.15) is 11.1 Å². The SMILES string of the molecule is COCc1ccccc1NCc1cccc([N+](=O)[O-])c1Br. The second-order valence-electron chi connectivity index (χ2n) is 4.45. The summed E-state index contributed by atoms with van der Waals surface area (Å²) in [6.45, 7) is 1.00.